The van der Waals surface area contributed by atoms with E-state index in [-0.39, 0.29) is 29.8 Å². The summed E-state index contributed by atoms with van der Waals surface area (Å²) < 4.78 is 4.83. The lowest BCUT2D eigenvalue weighted by Crippen LogP contribution is -2.51. The third-order valence-electron chi connectivity index (χ3n) is 12.5. The molecule has 4 unspecified atom stereocenters. The Morgan fingerprint density at radius 1 is 0.710 bits per heavy atom. The highest BCUT2D eigenvalue weighted by Crippen LogP contribution is 2.36. The summed E-state index contributed by atoms with van der Waals surface area (Å²) in [6.45, 7) is 5.07. The van der Waals surface area contributed by atoms with Crippen molar-refractivity contribution in [2.45, 2.75) is 76.5 Å². The Hall–Kier alpha value is -6.96. The van der Waals surface area contributed by atoms with Gasteiger partial charge in [0.1, 0.15) is 23.7 Å². The Kier molecular flexibility index (Phi) is 12.4. The summed E-state index contributed by atoms with van der Waals surface area (Å²) in [6, 6.07) is 28.0. The van der Waals surface area contributed by atoms with E-state index in [4.69, 9.17) is 14.7 Å². The number of fused-ring (bicyclic) bond motifs is 1. The zero-order valence-corrected chi connectivity index (χ0v) is 35.1. The van der Waals surface area contributed by atoms with Crippen LogP contribution in [0.25, 0.3) is 44.4 Å². The SMILES string of the molecule is CCC(CC)C(NC(=O)O)C(=O)N1CCCC1c1ncc(-c2ccc3cc(-c4ccc(-c5cnc(C6CCCN6C(=O)C(NC(=O)OC)c6ccccc6)[nH]5)cc4)ccc3c2)[nH]1. The quantitative estimate of drug-likeness (QED) is 0.0764. The molecule has 0 aliphatic carbocycles. The second-order valence-corrected chi connectivity index (χ2v) is 16.1. The van der Waals surface area contributed by atoms with Gasteiger partial charge in [-0.25, -0.2) is 19.6 Å². The minimum absolute atomic E-state index is 0.0877. The number of H-pyrrole nitrogens is 2. The number of nitrogens with zero attached hydrogens (tertiary/aromatic N) is 4. The van der Waals surface area contributed by atoms with E-state index in [9.17, 15) is 24.3 Å². The molecule has 2 fully saturated rings. The first-order valence-electron chi connectivity index (χ1n) is 21.4. The van der Waals surface area contributed by atoms with E-state index in [1.807, 2.05) is 44.2 Å². The number of aromatic nitrogens is 4. The summed E-state index contributed by atoms with van der Waals surface area (Å²) in [5.41, 5.74) is 6.46. The lowest BCUT2D eigenvalue weighted by Gasteiger charge is -2.31. The Labute approximate surface area is 360 Å². The number of nitrogens with one attached hydrogen (secondary N) is 4. The summed E-state index contributed by atoms with van der Waals surface area (Å²) in [7, 11) is 1.28. The number of benzene rings is 4. The van der Waals surface area contributed by atoms with Crippen molar-refractivity contribution < 1.29 is 29.0 Å². The zero-order valence-electron chi connectivity index (χ0n) is 35.1. The molecule has 0 radical (unpaired) electrons. The van der Waals surface area contributed by atoms with E-state index >= 15 is 0 Å². The molecule has 4 amide bonds. The minimum Gasteiger partial charge on any atom is -0.465 e. The topological polar surface area (TPSA) is 186 Å². The van der Waals surface area contributed by atoms with Crippen LogP contribution in [0.15, 0.2) is 103 Å². The van der Waals surface area contributed by atoms with Crippen molar-refractivity contribution in [1.29, 1.82) is 0 Å². The van der Waals surface area contributed by atoms with E-state index in [2.05, 4.69) is 81.3 Å². The van der Waals surface area contributed by atoms with Crippen molar-refractivity contribution in [2.24, 2.45) is 5.92 Å². The molecular formula is C48H52N8O6. The van der Waals surface area contributed by atoms with E-state index in [0.29, 0.717) is 43.1 Å². The summed E-state index contributed by atoms with van der Waals surface area (Å²) >= 11 is 0. The predicted molar refractivity (Wildman–Crippen MR) is 236 cm³/mol. The molecular weight excluding hydrogens is 785 g/mol. The predicted octanol–water partition coefficient (Wildman–Crippen LogP) is 8.78. The van der Waals surface area contributed by atoms with Crippen LogP contribution in [0.3, 0.4) is 0 Å². The van der Waals surface area contributed by atoms with Crippen LogP contribution < -0.4 is 10.6 Å². The van der Waals surface area contributed by atoms with Crippen LogP contribution in [-0.4, -0.2) is 85.1 Å². The second-order valence-electron chi connectivity index (χ2n) is 16.1. The van der Waals surface area contributed by atoms with Crippen LogP contribution in [0.1, 0.15) is 87.7 Å². The van der Waals surface area contributed by atoms with Gasteiger partial charge < -0.3 is 40.2 Å². The molecule has 4 atom stereocenters. The molecule has 2 aliphatic rings. The van der Waals surface area contributed by atoms with Gasteiger partial charge in [0, 0.05) is 18.7 Å². The van der Waals surface area contributed by atoms with Crippen molar-refractivity contribution in [3.63, 3.8) is 0 Å². The lowest BCUT2D eigenvalue weighted by atomic mass is 9.93. The van der Waals surface area contributed by atoms with E-state index in [1.54, 1.807) is 22.2 Å². The summed E-state index contributed by atoms with van der Waals surface area (Å²) in [4.78, 5) is 71.5. The third-order valence-corrected chi connectivity index (χ3v) is 12.5. The molecule has 5 N–H and O–H groups in total. The van der Waals surface area contributed by atoms with Gasteiger partial charge in [-0.3, -0.25) is 9.59 Å². The highest BCUT2D eigenvalue weighted by Gasteiger charge is 2.39. The largest absolute Gasteiger partial charge is 0.465 e. The lowest BCUT2D eigenvalue weighted by molar-refractivity contribution is -0.136. The second kappa shape index (κ2) is 18.3. The van der Waals surface area contributed by atoms with Gasteiger partial charge in [-0.1, -0.05) is 106 Å². The molecule has 2 aromatic heterocycles. The Balaban J connectivity index is 0.944. The maximum Gasteiger partial charge on any atom is 0.407 e. The number of ether oxygens (including phenoxy) is 1. The molecule has 0 spiro atoms. The number of alkyl carbamates (subject to hydrolysis) is 1. The molecule has 6 aromatic rings. The van der Waals surface area contributed by atoms with Gasteiger partial charge in [0.05, 0.1) is 43.0 Å². The number of imidazole rings is 2. The number of amides is 4. The zero-order chi connectivity index (χ0) is 43.3. The number of carboxylic acid groups (broad SMARTS) is 1. The molecule has 4 heterocycles. The van der Waals surface area contributed by atoms with Gasteiger partial charge >= 0.3 is 12.2 Å². The molecule has 8 rings (SSSR count). The smallest absolute Gasteiger partial charge is 0.407 e. The van der Waals surface area contributed by atoms with Gasteiger partial charge in [0.2, 0.25) is 5.91 Å². The monoisotopic (exact) mass is 836 g/mol. The van der Waals surface area contributed by atoms with Gasteiger partial charge in [0.15, 0.2) is 0 Å². The van der Waals surface area contributed by atoms with Gasteiger partial charge in [-0.05, 0) is 76.8 Å². The van der Waals surface area contributed by atoms with Crippen LogP contribution >= 0.6 is 0 Å². The van der Waals surface area contributed by atoms with E-state index in [1.165, 1.54) is 7.11 Å². The van der Waals surface area contributed by atoms with Crippen molar-refractivity contribution in [1.82, 2.24) is 40.4 Å². The molecule has 0 bridgehead atoms. The molecule has 14 heteroatoms. The number of aromatic amines is 2. The van der Waals surface area contributed by atoms with Crippen molar-refractivity contribution in [3.8, 4) is 33.6 Å². The van der Waals surface area contributed by atoms with Crippen LogP contribution in [0.2, 0.25) is 0 Å². The maximum atomic E-state index is 13.9. The van der Waals surface area contributed by atoms with Gasteiger partial charge in [-0.2, -0.15) is 0 Å². The van der Waals surface area contributed by atoms with E-state index in [0.717, 1.165) is 70.1 Å². The summed E-state index contributed by atoms with van der Waals surface area (Å²) in [5.74, 6) is 0.906. The fourth-order valence-electron chi connectivity index (χ4n) is 9.10. The number of methoxy groups -OCH3 is 1. The van der Waals surface area contributed by atoms with Crippen molar-refractivity contribution in [3.05, 3.63) is 121 Å². The summed E-state index contributed by atoms with van der Waals surface area (Å²) in [6.07, 6.45) is 6.28. The first-order valence-corrected chi connectivity index (χ1v) is 21.4. The Bertz CT molecular complexity index is 2550. The van der Waals surface area contributed by atoms with E-state index < -0.39 is 24.3 Å². The molecule has 62 heavy (non-hydrogen) atoms. The first kappa shape index (κ1) is 41.8. The number of rotatable bonds is 13. The standard InChI is InChI=1S/C48H52N8O6/c1-4-29(5-2)41(53-47(59)60)45(57)55-23-9-14-40(55)44-50-28-38(52-44)36-22-21-34-25-33(19-20-35(34)26-36)30-15-17-31(18-16-30)37-27-49-43(51-37)39-13-10-24-56(39)46(58)42(54-48(61)62-3)32-11-7-6-8-12-32/h6-8,11-12,15-22,25-29,39-42,53H,4-5,9-10,13-14,23-24H2,1-3H3,(H,49,51)(H,50,52)(H,54,61)(H,59,60). The van der Waals surface area contributed by atoms with Gasteiger partial charge in [-0.15, -0.1) is 0 Å². The molecule has 0 saturated carbocycles. The number of carbonyl (C=O) groups is 4. The van der Waals surface area contributed by atoms with Crippen LogP contribution in [0.4, 0.5) is 9.59 Å². The highest BCUT2D eigenvalue weighted by molar-refractivity contribution is 5.91. The van der Waals surface area contributed by atoms with Crippen molar-refractivity contribution in [2.75, 3.05) is 20.2 Å². The normalized spacial score (nSPS) is 17.3. The highest BCUT2D eigenvalue weighted by atomic mass is 16.5. The maximum absolute atomic E-state index is 13.9. The fraction of sp³-hybridized carbons (Fsp3) is 0.333. The Morgan fingerprint density at radius 2 is 1.24 bits per heavy atom. The van der Waals surface area contributed by atoms with Gasteiger partial charge in [0.25, 0.3) is 5.91 Å². The molecule has 14 nitrogen and oxygen atoms in total. The Morgan fingerprint density at radius 3 is 1.82 bits per heavy atom. The summed E-state index contributed by atoms with van der Waals surface area (Å²) in [5, 5.41) is 16.9. The van der Waals surface area contributed by atoms with Crippen LogP contribution in [0, 0.1) is 5.92 Å². The molecule has 4 aromatic carbocycles. The number of hydrogen-bond acceptors (Lipinski definition) is 7. The molecule has 320 valence electrons. The van der Waals surface area contributed by atoms with Crippen molar-refractivity contribution >= 4 is 34.8 Å². The first-order chi connectivity index (χ1) is 30.1. The molecule has 2 aliphatic heterocycles. The molecule has 2 saturated heterocycles. The number of hydrogen-bond donors (Lipinski definition) is 5. The average molecular weight is 837 g/mol. The number of carbonyl (C=O) groups excluding carboxylic acids is 3. The number of likely N-dealkylation sites (tertiary alicyclic amines) is 2. The third kappa shape index (κ3) is 8.63. The fourth-order valence-corrected chi connectivity index (χ4v) is 9.10. The average Bonchev–Trinajstić information content (AvgIpc) is 4.15. The minimum atomic E-state index is -1.19. The van der Waals surface area contributed by atoms with Crippen LogP contribution in [0.5, 0.6) is 0 Å². The van der Waals surface area contributed by atoms with Crippen LogP contribution in [-0.2, 0) is 14.3 Å².